The Morgan fingerprint density at radius 3 is 1.55 bits per heavy atom. The van der Waals surface area contributed by atoms with Gasteiger partial charge in [-0.3, -0.25) is 0 Å². The average molecular weight is 153 g/mol. The van der Waals surface area contributed by atoms with E-state index < -0.39 is 0 Å². The maximum atomic E-state index is 3.70. The zero-order chi connectivity index (χ0) is 7.84. The van der Waals surface area contributed by atoms with Gasteiger partial charge in [0.25, 0.3) is 0 Å². The van der Waals surface area contributed by atoms with E-state index in [0.717, 1.165) is 23.9 Å². The Morgan fingerprint density at radius 2 is 1.27 bits per heavy atom. The Balaban J connectivity index is 1.69. The van der Waals surface area contributed by atoms with Gasteiger partial charge in [0.1, 0.15) is 0 Å². The van der Waals surface area contributed by atoms with Crippen LogP contribution in [-0.4, -0.2) is 12.1 Å². The Morgan fingerprint density at radius 1 is 0.909 bits per heavy atom. The Hall–Kier alpha value is -0.0400. The third kappa shape index (κ3) is 1.96. The van der Waals surface area contributed by atoms with Crippen LogP contribution in [0.1, 0.15) is 39.5 Å². The molecule has 0 bridgehead atoms. The Labute approximate surface area is 69.6 Å². The zero-order valence-corrected chi connectivity index (χ0v) is 7.64. The van der Waals surface area contributed by atoms with Gasteiger partial charge in [-0.25, -0.2) is 0 Å². The first kappa shape index (κ1) is 7.60. The summed E-state index contributed by atoms with van der Waals surface area (Å²) >= 11 is 0. The molecule has 0 radical (unpaired) electrons. The fraction of sp³-hybridized carbons (Fsp3) is 1.00. The van der Waals surface area contributed by atoms with Crippen LogP contribution in [-0.2, 0) is 0 Å². The van der Waals surface area contributed by atoms with Crippen LogP contribution in [0.2, 0.25) is 0 Å². The molecule has 0 aromatic rings. The van der Waals surface area contributed by atoms with Gasteiger partial charge in [-0.15, -0.1) is 0 Å². The van der Waals surface area contributed by atoms with Crippen molar-refractivity contribution in [2.24, 2.45) is 11.8 Å². The summed E-state index contributed by atoms with van der Waals surface area (Å²) in [6.45, 7) is 4.69. The van der Waals surface area contributed by atoms with Crippen LogP contribution in [0.25, 0.3) is 0 Å². The molecule has 2 fully saturated rings. The summed E-state index contributed by atoms with van der Waals surface area (Å²) in [5.74, 6) is 2.02. The molecule has 2 rings (SSSR count). The van der Waals surface area contributed by atoms with Gasteiger partial charge in [-0.1, -0.05) is 0 Å². The highest BCUT2D eigenvalue weighted by atomic mass is 15.0. The van der Waals surface area contributed by atoms with E-state index in [1.165, 1.54) is 25.7 Å². The smallest absolute Gasteiger partial charge is 0.00695 e. The minimum absolute atomic E-state index is 0.783. The maximum absolute atomic E-state index is 3.70. The molecule has 0 aliphatic heterocycles. The molecule has 0 amide bonds. The van der Waals surface area contributed by atoms with Gasteiger partial charge in [0, 0.05) is 12.1 Å². The van der Waals surface area contributed by atoms with Gasteiger partial charge in [0.15, 0.2) is 0 Å². The van der Waals surface area contributed by atoms with Crippen molar-refractivity contribution in [3.8, 4) is 0 Å². The number of hydrogen-bond acceptors (Lipinski definition) is 1. The molecule has 1 nitrogen and oxygen atoms in total. The fourth-order valence-electron chi connectivity index (χ4n) is 1.88. The van der Waals surface area contributed by atoms with E-state index in [1.807, 2.05) is 0 Å². The van der Waals surface area contributed by atoms with E-state index in [1.54, 1.807) is 0 Å². The normalized spacial score (nSPS) is 30.0. The lowest BCUT2D eigenvalue weighted by molar-refractivity contribution is 0.404. The van der Waals surface area contributed by atoms with Gasteiger partial charge < -0.3 is 5.32 Å². The minimum atomic E-state index is 0.783. The first-order valence-electron chi connectivity index (χ1n) is 5.03. The fourth-order valence-corrected chi connectivity index (χ4v) is 1.88. The molecule has 2 unspecified atom stereocenters. The van der Waals surface area contributed by atoms with Crippen molar-refractivity contribution in [3.05, 3.63) is 0 Å². The minimum Gasteiger partial charge on any atom is -0.311 e. The first-order chi connectivity index (χ1) is 5.27. The summed E-state index contributed by atoms with van der Waals surface area (Å²) < 4.78 is 0. The van der Waals surface area contributed by atoms with E-state index in [4.69, 9.17) is 0 Å². The maximum Gasteiger partial charge on any atom is 0.00695 e. The lowest BCUT2D eigenvalue weighted by atomic mass is 10.1. The summed E-state index contributed by atoms with van der Waals surface area (Å²) in [6.07, 6.45) is 5.86. The second kappa shape index (κ2) is 2.78. The molecule has 64 valence electrons. The van der Waals surface area contributed by atoms with E-state index in [9.17, 15) is 0 Å². The zero-order valence-electron chi connectivity index (χ0n) is 7.64. The summed E-state index contributed by atoms with van der Waals surface area (Å²) in [5, 5.41) is 3.70. The molecule has 11 heavy (non-hydrogen) atoms. The molecule has 0 aromatic carbocycles. The van der Waals surface area contributed by atoms with Crippen LogP contribution in [0.15, 0.2) is 0 Å². The predicted molar refractivity (Wildman–Crippen MR) is 47.5 cm³/mol. The van der Waals surface area contributed by atoms with E-state index >= 15 is 0 Å². The third-order valence-corrected chi connectivity index (χ3v) is 3.18. The van der Waals surface area contributed by atoms with Crippen LogP contribution in [0.3, 0.4) is 0 Å². The molecule has 0 saturated heterocycles. The highest BCUT2D eigenvalue weighted by Crippen LogP contribution is 2.36. The summed E-state index contributed by atoms with van der Waals surface area (Å²) in [6, 6.07) is 1.57. The molecular weight excluding hydrogens is 134 g/mol. The quantitative estimate of drug-likeness (QED) is 0.652. The molecule has 2 aliphatic rings. The topological polar surface area (TPSA) is 12.0 Å². The third-order valence-electron chi connectivity index (χ3n) is 3.18. The van der Waals surface area contributed by atoms with Crippen molar-refractivity contribution in [3.63, 3.8) is 0 Å². The second-order valence-corrected chi connectivity index (χ2v) is 4.42. The average Bonchev–Trinajstić information content (AvgIpc) is 2.84. The lowest BCUT2D eigenvalue weighted by Gasteiger charge is -2.18. The van der Waals surface area contributed by atoms with Crippen LogP contribution in [0, 0.1) is 11.8 Å². The summed E-state index contributed by atoms with van der Waals surface area (Å²) in [4.78, 5) is 0. The van der Waals surface area contributed by atoms with Crippen LogP contribution >= 0.6 is 0 Å². The molecule has 0 aromatic heterocycles. The van der Waals surface area contributed by atoms with Crippen LogP contribution in [0.4, 0.5) is 0 Å². The van der Waals surface area contributed by atoms with Crippen molar-refractivity contribution in [1.82, 2.24) is 5.32 Å². The predicted octanol–water partition coefficient (Wildman–Crippen LogP) is 2.17. The lowest BCUT2D eigenvalue weighted by Crippen LogP contribution is -2.37. The summed E-state index contributed by atoms with van der Waals surface area (Å²) in [7, 11) is 0. The number of nitrogens with one attached hydrogen (secondary N) is 1. The van der Waals surface area contributed by atoms with Gasteiger partial charge in [-0.05, 0) is 51.4 Å². The van der Waals surface area contributed by atoms with Crippen molar-refractivity contribution in [1.29, 1.82) is 0 Å². The Bertz CT molecular complexity index is 120. The van der Waals surface area contributed by atoms with Crippen LogP contribution in [0.5, 0.6) is 0 Å². The van der Waals surface area contributed by atoms with Crippen molar-refractivity contribution >= 4 is 0 Å². The van der Waals surface area contributed by atoms with Gasteiger partial charge >= 0.3 is 0 Å². The molecule has 2 saturated carbocycles. The SMILES string of the molecule is CC(NC(C)C1CC1)C1CC1. The van der Waals surface area contributed by atoms with Crippen molar-refractivity contribution in [2.45, 2.75) is 51.6 Å². The monoisotopic (exact) mass is 153 g/mol. The first-order valence-corrected chi connectivity index (χ1v) is 5.03. The molecule has 0 heterocycles. The highest BCUT2D eigenvalue weighted by molar-refractivity contribution is 4.89. The van der Waals surface area contributed by atoms with Gasteiger partial charge in [0.2, 0.25) is 0 Å². The van der Waals surface area contributed by atoms with Gasteiger partial charge in [0.05, 0.1) is 0 Å². The highest BCUT2D eigenvalue weighted by Gasteiger charge is 2.33. The molecule has 0 spiro atoms. The number of hydrogen-bond donors (Lipinski definition) is 1. The molecular formula is C10H19N. The second-order valence-electron chi connectivity index (χ2n) is 4.42. The van der Waals surface area contributed by atoms with E-state index in [0.29, 0.717) is 0 Å². The van der Waals surface area contributed by atoms with Gasteiger partial charge in [-0.2, -0.15) is 0 Å². The van der Waals surface area contributed by atoms with Crippen molar-refractivity contribution in [2.75, 3.05) is 0 Å². The largest absolute Gasteiger partial charge is 0.311 e. The Kier molecular flexibility index (Phi) is 1.92. The van der Waals surface area contributed by atoms with E-state index in [-0.39, 0.29) is 0 Å². The molecule has 2 aliphatic carbocycles. The number of rotatable bonds is 4. The summed E-state index contributed by atoms with van der Waals surface area (Å²) in [5.41, 5.74) is 0. The standard InChI is InChI=1S/C10H19N/c1-7(9-3-4-9)11-8(2)10-5-6-10/h7-11H,3-6H2,1-2H3. The van der Waals surface area contributed by atoms with E-state index in [2.05, 4.69) is 19.2 Å². The van der Waals surface area contributed by atoms with Crippen molar-refractivity contribution < 1.29 is 0 Å². The van der Waals surface area contributed by atoms with Crippen LogP contribution < -0.4 is 5.32 Å². The molecule has 2 atom stereocenters. The molecule has 1 heteroatoms. The molecule has 1 N–H and O–H groups in total.